The number of aliphatic imine (C=N–C) groups is 1. The summed E-state index contributed by atoms with van der Waals surface area (Å²) in [5.74, 6) is 1.52. The molecule has 1 aromatic rings. The Kier molecular flexibility index (Phi) is 8.16. The van der Waals surface area contributed by atoms with Crippen LogP contribution in [0, 0.1) is 5.92 Å². The highest BCUT2D eigenvalue weighted by Gasteiger charge is 2.31. The highest BCUT2D eigenvalue weighted by Crippen LogP contribution is 2.18. The molecule has 2 unspecified atom stereocenters. The quantitative estimate of drug-likeness (QED) is 0.430. The molecule has 126 valence electrons. The Balaban J connectivity index is 0.00000242. The van der Waals surface area contributed by atoms with Crippen LogP contribution in [0.25, 0.3) is 0 Å². The summed E-state index contributed by atoms with van der Waals surface area (Å²) in [5, 5.41) is 11.1. The first-order chi connectivity index (χ1) is 10.1. The van der Waals surface area contributed by atoms with E-state index in [2.05, 4.69) is 46.4 Å². The topological polar surface area (TPSA) is 57.5 Å². The molecule has 1 saturated heterocycles. The number of halogens is 1. The van der Waals surface area contributed by atoms with Crippen LogP contribution in [0.3, 0.4) is 0 Å². The standard InChI is InChI=1S/C15H28N6.HI/c1-12(2)20-10-13(3)14(11-20)19-15(16-4)17-7-9-21-8-5-6-18-21;/h5-6,8,12-14H,7,9-11H2,1-4H3,(H2,16,17,19);1H. The lowest BCUT2D eigenvalue weighted by molar-refractivity contribution is 0.265. The van der Waals surface area contributed by atoms with Gasteiger partial charge in [0.1, 0.15) is 0 Å². The van der Waals surface area contributed by atoms with Crippen LogP contribution in [0.4, 0.5) is 0 Å². The number of hydrogen-bond donors (Lipinski definition) is 2. The Morgan fingerprint density at radius 1 is 1.41 bits per heavy atom. The van der Waals surface area contributed by atoms with Gasteiger partial charge < -0.3 is 10.6 Å². The van der Waals surface area contributed by atoms with Crippen molar-refractivity contribution in [2.45, 2.75) is 39.4 Å². The van der Waals surface area contributed by atoms with Gasteiger partial charge in [-0.1, -0.05) is 6.92 Å². The summed E-state index contributed by atoms with van der Waals surface area (Å²) < 4.78 is 1.92. The highest BCUT2D eigenvalue weighted by molar-refractivity contribution is 14.0. The Labute approximate surface area is 150 Å². The van der Waals surface area contributed by atoms with Crippen molar-refractivity contribution in [3.05, 3.63) is 18.5 Å². The molecule has 1 aliphatic rings. The van der Waals surface area contributed by atoms with Crippen molar-refractivity contribution in [1.82, 2.24) is 25.3 Å². The smallest absolute Gasteiger partial charge is 0.191 e. The van der Waals surface area contributed by atoms with E-state index in [0.717, 1.165) is 32.1 Å². The molecule has 1 fully saturated rings. The van der Waals surface area contributed by atoms with Gasteiger partial charge in [-0.3, -0.25) is 14.6 Å². The van der Waals surface area contributed by atoms with Crippen molar-refractivity contribution >= 4 is 29.9 Å². The van der Waals surface area contributed by atoms with E-state index in [4.69, 9.17) is 0 Å². The Hall–Kier alpha value is -0.830. The third-order valence-corrected chi connectivity index (χ3v) is 4.11. The zero-order chi connectivity index (χ0) is 15.2. The van der Waals surface area contributed by atoms with Crippen LogP contribution in [0.15, 0.2) is 23.5 Å². The molecule has 0 amide bonds. The Morgan fingerprint density at radius 2 is 2.18 bits per heavy atom. The van der Waals surface area contributed by atoms with Crippen LogP contribution < -0.4 is 10.6 Å². The fourth-order valence-electron chi connectivity index (χ4n) is 2.71. The van der Waals surface area contributed by atoms with Crippen molar-refractivity contribution in [3.8, 4) is 0 Å². The molecule has 0 bridgehead atoms. The van der Waals surface area contributed by atoms with E-state index >= 15 is 0 Å². The molecule has 0 aliphatic carbocycles. The van der Waals surface area contributed by atoms with E-state index in [1.807, 2.05) is 24.0 Å². The normalized spacial score (nSPS) is 22.7. The summed E-state index contributed by atoms with van der Waals surface area (Å²) in [4.78, 5) is 6.83. The molecule has 22 heavy (non-hydrogen) atoms. The molecule has 2 rings (SSSR count). The van der Waals surface area contributed by atoms with E-state index in [0.29, 0.717) is 18.0 Å². The Morgan fingerprint density at radius 3 is 2.73 bits per heavy atom. The summed E-state index contributed by atoms with van der Waals surface area (Å²) in [6.07, 6.45) is 3.77. The number of likely N-dealkylation sites (tertiary alicyclic amines) is 1. The molecule has 2 N–H and O–H groups in total. The summed E-state index contributed by atoms with van der Waals surface area (Å²) in [6.45, 7) is 10.7. The van der Waals surface area contributed by atoms with E-state index < -0.39 is 0 Å². The molecule has 6 nitrogen and oxygen atoms in total. The second-order valence-corrected chi connectivity index (χ2v) is 6.04. The number of guanidine groups is 1. The van der Waals surface area contributed by atoms with Gasteiger partial charge in [-0.05, 0) is 25.8 Å². The minimum Gasteiger partial charge on any atom is -0.355 e. The van der Waals surface area contributed by atoms with Crippen LogP contribution in [-0.2, 0) is 6.54 Å². The maximum Gasteiger partial charge on any atom is 0.191 e. The first-order valence-electron chi connectivity index (χ1n) is 7.78. The van der Waals surface area contributed by atoms with Gasteiger partial charge in [0.2, 0.25) is 0 Å². The van der Waals surface area contributed by atoms with Crippen molar-refractivity contribution < 1.29 is 0 Å². The van der Waals surface area contributed by atoms with Crippen molar-refractivity contribution in [2.75, 3.05) is 26.7 Å². The molecular weight excluding hydrogens is 391 g/mol. The van der Waals surface area contributed by atoms with E-state index in [9.17, 15) is 0 Å². The number of rotatable bonds is 5. The Bertz CT molecular complexity index is 445. The molecule has 1 aliphatic heterocycles. The third kappa shape index (κ3) is 5.42. The zero-order valence-corrected chi connectivity index (χ0v) is 16.3. The first kappa shape index (κ1) is 19.2. The molecule has 0 spiro atoms. The van der Waals surface area contributed by atoms with Gasteiger partial charge in [0.05, 0.1) is 6.54 Å². The summed E-state index contributed by atoms with van der Waals surface area (Å²) in [6, 6.07) is 3.01. The van der Waals surface area contributed by atoms with Gasteiger partial charge in [0.15, 0.2) is 5.96 Å². The van der Waals surface area contributed by atoms with Gasteiger partial charge in [0.25, 0.3) is 0 Å². The van der Waals surface area contributed by atoms with Crippen LogP contribution >= 0.6 is 24.0 Å². The molecule has 2 heterocycles. The van der Waals surface area contributed by atoms with Gasteiger partial charge in [0, 0.05) is 51.2 Å². The van der Waals surface area contributed by atoms with E-state index in [1.165, 1.54) is 0 Å². The number of nitrogens with zero attached hydrogens (tertiary/aromatic N) is 4. The summed E-state index contributed by atoms with van der Waals surface area (Å²) in [5.41, 5.74) is 0. The molecule has 0 aromatic carbocycles. The minimum atomic E-state index is 0. The maximum atomic E-state index is 4.32. The molecule has 1 aromatic heterocycles. The SMILES string of the molecule is CN=C(NCCn1cccn1)NC1CN(C(C)C)CC1C.I. The van der Waals surface area contributed by atoms with Crippen LogP contribution in [0.1, 0.15) is 20.8 Å². The lowest BCUT2D eigenvalue weighted by Crippen LogP contribution is -2.47. The largest absolute Gasteiger partial charge is 0.355 e. The molecule has 0 radical (unpaired) electrons. The van der Waals surface area contributed by atoms with Gasteiger partial charge in [-0.25, -0.2) is 0 Å². The zero-order valence-electron chi connectivity index (χ0n) is 14.0. The third-order valence-electron chi connectivity index (χ3n) is 4.11. The fourth-order valence-corrected chi connectivity index (χ4v) is 2.71. The van der Waals surface area contributed by atoms with Gasteiger partial charge >= 0.3 is 0 Å². The average molecular weight is 420 g/mol. The highest BCUT2D eigenvalue weighted by atomic mass is 127. The lowest BCUT2D eigenvalue weighted by atomic mass is 10.1. The average Bonchev–Trinajstić information content (AvgIpc) is 3.08. The first-order valence-corrected chi connectivity index (χ1v) is 7.78. The minimum absolute atomic E-state index is 0. The number of aromatic nitrogens is 2. The number of nitrogens with one attached hydrogen (secondary N) is 2. The van der Waals surface area contributed by atoms with Gasteiger partial charge in [-0.15, -0.1) is 24.0 Å². The monoisotopic (exact) mass is 420 g/mol. The second kappa shape index (κ2) is 9.34. The molecule has 7 heteroatoms. The van der Waals surface area contributed by atoms with Crippen LogP contribution in [0.5, 0.6) is 0 Å². The van der Waals surface area contributed by atoms with Crippen LogP contribution in [-0.4, -0.2) is 59.4 Å². The predicted molar refractivity (Wildman–Crippen MR) is 102 cm³/mol. The number of hydrogen-bond acceptors (Lipinski definition) is 3. The second-order valence-electron chi connectivity index (χ2n) is 6.04. The molecule has 0 saturated carbocycles. The van der Waals surface area contributed by atoms with E-state index in [1.54, 1.807) is 6.20 Å². The van der Waals surface area contributed by atoms with Crippen molar-refractivity contribution in [1.29, 1.82) is 0 Å². The fraction of sp³-hybridized carbons (Fsp3) is 0.733. The molecule has 2 atom stereocenters. The van der Waals surface area contributed by atoms with Gasteiger partial charge in [-0.2, -0.15) is 5.10 Å². The van der Waals surface area contributed by atoms with E-state index in [-0.39, 0.29) is 24.0 Å². The summed E-state index contributed by atoms with van der Waals surface area (Å²) in [7, 11) is 1.82. The summed E-state index contributed by atoms with van der Waals surface area (Å²) >= 11 is 0. The van der Waals surface area contributed by atoms with Crippen molar-refractivity contribution in [3.63, 3.8) is 0 Å². The molecular formula is C15H29IN6. The lowest BCUT2D eigenvalue weighted by Gasteiger charge is -2.21. The van der Waals surface area contributed by atoms with Crippen LogP contribution in [0.2, 0.25) is 0 Å². The maximum absolute atomic E-state index is 4.32. The van der Waals surface area contributed by atoms with Crippen molar-refractivity contribution in [2.24, 2.45) is 10.9 Å². The predicted octanol–water partition coefficient (Wildman–Crippen LogP) is 1.39.